The van der Waals surface area contributed by atoms with Gasteiger partial charge in [0.15, 0.2) is 5.82 Å². The summed E-state index contributed by atoms with van der Waals surface area (Å²) in [5.74, 6) is 2.38. The van der Waals surface area contributed by atoms with Crippen LogP contribution in [-0.2, 0) is 6.54 Å². The van der Waals surface area contributed by atoms with Gasteiger partial charge in [0.25, 0.3) is 0 Å². The number of rotatable bonds is 4. The molecular formula is C24H31N3. The third kappa shape index (κ3) is 3.36. The zero-order chi connectivity index (χ0) is 19.0. The van der Waals surface area contributed by atoms with E-state index in [-0.39, 0.29) is 0 Å². The van der Waals surface area contributed by atoms with Crippen LogP contribution in [0.3, 0.4) is 0 Å². The predicted molar refractivity (Wildman–Crippen MR) is 115 cm³/mol. The van der Waals surface area contributed by atoms with Crippen LogP contribution in [0.2, 0.25) is 0 Å². The lowest BCUT2D eigenvalue weighted by molar-refractivity contribution is 0.504. The lowest BCUT2D eigenvalue weighted by atomic mass is 9.90. The third-order valence-electron chi connectivity index (χ3n) is 6.07. The Hall–Kier alpha value is -2.29. The van der Waals surface area contributed by atoms with Gasteiger partial charge in [0.1, 0.15) is 0 Å². The molecule has 0 spiro atoms. The van der Waals surface area contributed by atoms with E-state index in [1.165, 1.54) is 46.4 Å². The number of hydrogen-bond acceptors (Lipinski definition) is 2. The van der Waals surface area contributed by atoms with E-state index in [4.69, 9.17) is 4.98 Å². The van der Waals surface area contributed by atoms with Crippen molar-refractivity contribution in [3.05, 3.63) is 59.4 Å². The second-order valence-corrected chi connectivity index (χ2v) is 8.44. The van der Waals surface area contributed by atoms with Gasteiger partial charge in [0.05, 0.1) is 5.52 Å². The molecule has 0 aliphatic carbocycles. The number of aromatic nitrogens is 2. The molecule has 4 rings (SSSR count). The fourth-order valence-electron chi connectivity index (χ4n) is 4.57. The Balaban J connectivity index is 1.76. The molecule has 0 radical (unpaired) electrons. The first-order chi connectivity index (χ1) is 13.1. The molecule has 3 aromatic rings. The summed E-state index contributed by atoms with van der Waals surface area (Å²) in [7, 11) is 0. The highest BCUT2D eigenvalue weighted by Crippen LogP contribution is 2.35. The van der Waals surface area contributed by atoms with E-state index in [0.29, 0.717) is 11.8 Å². The minimum Gasteiger partial charge on any atom is -0.354 e. The van der Waals surface area contributed by atoms with Crippen molar-refractivity contribution in [2.24, 2.45) is 5.92 Å². The average Bonchev–Trinajstić information content (AvgIpc) is 2.93. The van der Waals surface area contributed by atoms with Gasteiger partial charge < -0.3 is 9.47 Å². The molecule has 3 heteroatoms. The predicted octanol–water partition coefficient (Wildman–Crippen LogP) is 5.69. The van der Waals surface area contributed by atoms with E-state index in [0.717, 1.165) is 19.6 Å². The molecule has 3 heterocycles. The van der Waals surface area contributed by atoms with E-state index in [1.54, 1.807) is 0 Å². The topological polar surface area (TPSA) is 21.1 Å². The maximum atomic E-state index is 4.89. The zero-order valence-electron chi connectivity index (χ0n) is 17.1. The Kier molecular flexibility index (Phi) is 4.94. The maximum Gasteiger partial charge on any atom is 0.153 e. The lowest BCUT2D eigenvalue weighted by Crippen LogP contribution is -2.35. The van der Waals surface area contributed by atoms with Crippen LogP contribution >= 0.6 is 0 Å². The first-order valence-electron chi connectivity index (χ1n) is 10.3. The molecule has 142 valence electrons. The smallest absolute Gasteiger partial charge is 0.153 e. The maximum absolute atomic E-state index is 4.89. The first kappa shape index (κ1) is 18.1. The highest BCUT2D eigenvalue weighted by molar-refractivity contribution is 5.93. The van der Waals surface area contributed by atoms with Gasteiger partial charge in [0, 0.05) is 42.8 Å². The van der Waals surface area contributed by atoms with Gasteiger partial charge in [-0.3, -0.25) is 0 Å². The van der Waals surface area contributed by atoms with Crippen LogP contribution in [-0.4, -0.2) is 22.6 Å². The minimum absolute atomic E-state index is 0.590. The van der Waals surface area contributed by atoms with E-state index < -0.39 is 0 Å². The summed E-state index contributed by atoms with van der Waals surface area (Å²) in [4.78, 5) is 7.41. The van der Waals surface area contributed by atoms with Gasteiger partial charge >= 0.3 is 0 Å². The summed E-state index contributed by atoms with van der Waals surface area (Å²) in [5, 5.41) is 1.36. The Morgan fingerprint density at radius 3 is 2.63 bits per heavy atom. The number of piperidine rings is 1. The van der Waals surface area contributed by atoms with Crippen molar-refractivity contribution in [3.63, 3.8) is 0 Å². The molecule has 1 atom stereocenters. The Morgan fingerprint density at radius 1 is 1.11 bits per heavy atom. The largest absolute Gasteiger partial charge is 0.354 e. The van der Waals surface area contributed by atoms with Crippen molar-refractivity contribution >= 4 is 16.7 Å². The quantitative estimate of drug-likeness (QED) is 0.595. The number of pyridine rings is 1. The highest BCUT2D eigenvalue weighted by atomic mass is 15.2. The van der Waals surface area contributed by atoms with Gasteiger partial charge in [-0.2, -0.15) is 0 Å². The SMILES string of the molecule is Cc1c(C)n(CC(C)C)c2c(N3CCCC(c4ccccc4)C3)nccc12. The van der Waals surface area contributed by atoms with Crippen LogP contribution in [0.5, 0.6) is 0 Å². The van der Waals surface area contributed by atoms with E-state index in [1.807, 2.05) is 6.20 Å². The molecule has 1 aliphatic heterocycles. The molecule has 1 aliphatic rings. The van der Waals surface area contributed by atoms with Crippen molar-refractivity contribution in [3.8, 4) is 0 Å². The van der Waals surface area contributed by atoms with Crippen molar-refractivity contribution in [2.75, 3.05) is 18.0 Å². The molecule has 1 saturated heterocycles. The Labute approximate surface area is 163 Å². The summed E-state index contributed by atoms with van der Waals surface area (Å²) < 4.78 is 2.50. The standard InChI is InChI=1S/C24H31N3/c1-17(2)15-27-19(4)18(3)22-12-13-25-24(23(22)27)26-14-8-11-21(16-26)20-9-6-5-7-10-20/h5-7,9-10,12-13,17,21H,8,11,14-16H2,1-4H3. The summed E-state index contributed by atoms with van der Waals surface area (Å²) >= 11 is 0. The molecule has 0 N–H and O–H groups in total. The highest BCUT2D eigenvalue weighted by Gasteiger charge is 2.25. The Bertz CT molecular complexity index is 924. The second-order valence-electron chi connectivity index (χ2n) is 8.44. The fourth-order valence-corrected chi connectivity index (χ4v) is 4.57. The van der Waals surface area contributed by atoms with Gasteiger partial charge in [-0.15, -0.1) is 0 Å². The molecule has 0 saturated carbocycles. The second kappa shape index (κ2) is 7.38. The number of fused-ring (bicyclic) bond motifs is 1. The summed E-state index contributed by atoms with van der Waals surface area (Å²) in [5.41, 5.74) is 5.56. The van der Waals surface area contributed by atoms with E-state index in [9.17, 15) is 0 Å². The zero-order valence-corrected chi connectivity index (χ0v) is 17.1. The monoisotopic (exact) mass is 361 g/mol. The van der Waals surface area contributed by atoms with Crippen LogP contribution < -0.4 is 4.90 Å². The third-order valence-corrected chi connectivity index (χ3v) is 6.07. The van der Waals surface area contributed by atoms with E-state index in [2.05, 4.69) is 73.6 Å². The fraction of sp³-hybridized carbons (Fsp3) is 0.458. The molecule has 2 aromatic heterocycles. The van der Waals surface area contributed by atoms with Gasteiger partial charge in [-0.1, -0.05) is 44.2 Å². The molecule has 27 heavy (non-hydrogen) atoms. The van der Waals surface area contributed by atoms with Crippen molar-refractivity contribution in [2.45, 2.75) is 53.0 Å². The number of anilines is 1. The van der Waals surface area contributed by atoms with Crippen LogP contribution in [0.1, 0.15) is 49.4 Å². The van der Waals surface area contributed by atoms with Crippen molar-refractivity contribution in [1.82, 2.24) is 9.55 Å². The summed E-state index contributed by atoms with van der Waals surface area (Å²) in [6.45, 7) is 12.3. The normalized spacial score (nSPS) is 17.8. The lowest BCUT2D eigenvalue weighted by Gasteiger charge is -2.34. The number of nitrogens with zero attached hydrogens (tertiary/aromatic N) is 3. The van der Waals surface area contributed by atoms with Crippen molar-refractivity contribution < 1.29 is 0 Å². The molecule has 1 aromatic carbocycles. The summed E-state index contributed by atoms with van der Waals surface area (Å²) in [6.07, 6.45) is 4.48. The molecular weight excluding hydrogens is 330 g/mol. The van der Waals surface area contributed by atoms with Gasteiger partial charge in [-0.25, -0.2) is 4.98 Å². The number of hydrogen-bond donors (Lipinski definition) is 0. The molecule has 1 unspecified atom stereocenters. The van der Waals surface area contributed by atoms with Crippen LogP contribution in [0.15, 0.2) is 42.6 Å². The molecule has 0 amide bonds. The Morgan fingerprint density at radius 2 is 1.89 bits per heavy atom. The molecule has 0 bridgehead atoms. The summed E-state index contributed by atoms with van der Waals surface area (Å²) in [6, 6.07) is 13.2. The van der Waals surface area contributed by atoms with Crippen molar-refractivity contribution in [1.29, 1.82) is 0 Å². The number of aryl methyl sites for hydroxylation is 1. The van der Waals surface area contributed by atoms with E-state index >= 15 is 0 Å². The average molecular weight is 362 g/mol. The molecule has 1 fully saturated rings. The molecule has 3 nitrogen and oxygen atoms in total. The van der Waals surface area contributed by atoms with Gasteiger partial charge in [0.2, 0.25) is 0 Å². The first-order valence-corrected chi connectivity index (χ1v) is 10.3. The number of benzene rings is 1. The van der Waals surface area contributed by atoms with Gasteiger partial charge in [-0.05, 0) is 49.8 Å². The minimum atomic E-state index is 0.590. The van der Waals surface area contributed by atoms with Crippen LogP contribution in [0.4, 0.5) is 5.82 Å². The van der Waals surface area contributed by atoms with Crippen LogP contribution in [0.25, 0.3) is 10.9 Å². The van der Waals surface area contributed by atoms with Crippen LogP contribution in [0, 0.1) is 19.8 Å².